The van der Waals surface area contributed by atoms with Crippen LogP contribution in [-0.4, -0.2) is 23.1 Å². The Kier molecular flexibility index (Phi) is 4.07. The first-order valence-corrected chi connectivity index (χ1v) is 5.78. The molecule has 0 fully saturated rings. The van der Waals surface area contributed by atoms with Crippen molar-refractivity contribution in [3.05, 3.63) is 52.0 Å². The molecule has 0 saturated heterocycles. The minimum absolute atomic E-state index is 0.0632. The molecule has 21 heavy (non-hydrogen) atoms. The molecule has 110 valence electrons. The lowest BCUT2D eigenvalue weighted by atomic mass is 10.2. The highest BCUT2D eigenvalue weighted by atomic mass is 16.6. The van der Waals surface area contributed by atoms with Gasteiger partial charge in [-0.15, -0.1) is 0 Å². The fourth-order valence-corrected chi connectivity index (χ4v) is 1.68. The molecule has 1 heterocycles. The highest BCUT2D eigenvalue weighted by Crippen LogP contribution is 2.31. The number of nitro groups is 1. The first-order chi connectivity index (χ1) is 10.0. The van der Waals surface area contributed by atoms with Crippen molar-refractivity contribution in [1.29, 1.82) is 0 Å². The van der Waals surface area contributed by atoms with E-state index in [2.05, 4.69) is 0 Å². The maximum absolute atomic E-state index is 10.9. The van der Waals surface area contributed by atoms with Gasteiger partial charge in [-0.05, 0) is 12.1 Å². The predicted octanol–water partition coefficient (Wildman–Crippen LogP) is 2.47. The molecule has 0 saturated carbocycles. The number of hydrogen-bond acceptors (Lipinski definition) is 6. The Bertz CT molecular complexity index is 677. The molecule has 1 N–H and O–H groups in total. The van der Waals surface area contributed by atoms with Gasteiger partial charge >= 0.3 is 5.97 Å². The Labute approximate surface area is 118 Å². The number of carboxylic acid groups (broad SMARTS) is 1. The van der Waals surface area contributed by atoms with E-state index in [4.69, 9.17) is 19.0 Å². The van der Waals surface area contributed by atoms with Gasteiger partial charge in [0.05, 0.1) is 24.4 Å². The summed E-state index contributed by atoms with van der Waals surface area (Å²) in [6.07, 6.45) is 1.25. The molecule has 1 aromatic carbocycles. The van der Waals surface area contributed by atoms with Crippen molar-refractivity contribution >= 4 is 11.7 Å². The van der Waals surface area contributed by atoms with Crippen LogP contribution in [0.2, 0.25) is 0 Å². The minimum Gasteiger partial charge on any atom is -0.493 e. The van der Waals surface area contributed by atoms with Gasteiger partial charge in [0.2, 0.25) is 5.76 Å². The zero-order valence-corrected chi connectivity index (χ0v) is 10.9. The number of non-ortho nitro benzene ring substituents is 1. The molecule has 0 atom stereocenters. The molecule has 8 heteroatoms. The van der Waals surface area contributed by atoms with Crippen molar-refractivity contribution < 1.29 is 28.7 Å². The van der Waals surface area contributed by atoms with E-state index < -0.39 is 10.9 Å². The third-order valence-electron chi connectivity index (χ3n) is 2.68. The maximum atomic E-state index is 10.9. The first kappa shape index (κ1) is 14.4. The van der Waals surface area contributed by atoms with Crippen LogP contribution < -0.4 is 9.47 Å². The van der Waals surface area contributed by atoms with Crippen LogP contribution in [0.3, 0.4) is 0 Å². The van der Waals surface area contributed by atoms with Crippen molar-refractivity contribution in [2.45, 2.75) is 6.61 Å². The number of carboxylic acids is 1. The Morgan fingerprint density at radius 1 is 1.38 bits per heavy atom. The zero-order chi connectivity index (χ0) is 15.4. The topological polar surface area (TPSA) is 112 Å². The van der Waals surface area contributed by atoms with E-state index in [9.17, 15) is 14.9 Å². The number of methoxy groups -OCH3 is 1. The van der Waals surface area contributed by atoms with Gasteiger partial charge in [0, 0.05) is 11.6 Å². The lowest BCUT2D eigenvalue weighted by molar-refractivity contribution is -0.385. The number of hydrogen-bond donors (Lipinski definition) is 1. The van der Waals surface area contributed by atoms with Crippen molar-refractivity contribution in [2.24, 2.45) is 0 Å². The second-order valence-corrected chi connectivity index (χ2v) is 3.96. The van der Waals surface area contributed by atoms with Crippen LogP contribution in [0.15, 0.2) is 34.9 Å². The average Bonchev–Trinajstić information content (AvgIpc) is 2.93. The normalized spacial score (nSPS) is 10.1. The van der Waals surface area contributed by atoms with Gasteiger partial charge in [-0.2, -0.15) is 0 Å². The molecule has 0 unspecified atom stereocenters. The van der Waals surface area contributed by atoms with E-state index >= 15 is 0 Å². The summed E-state index contributed by atoms with van der Waals surface area (Å²) in [6, 6.07) is 5.35. The van der Waals surface area contributed by atoms with Gasteiger partial charge in [-0.1, -0.05) is 0 Å². The molecule has 0 aliphatic heterocycles. The molecule has 0 spiro atoms. The second-order valence-electron chi connectivity index (χ2n) is 3.96. The van der Waals surface area contributed by atoms with E-state index in [1.54, 1.807) is 0 Å². The van der Waals surface area contributed by atoms with Crippen LogP contribution in [0.4, 0.5) is 5.69 Å². The Morgan fingerprint density at radius 3 is 2.76 bits per heavy atom. The summed E-state index contributed by atoms with van der Waals surface area (Å²) in [4.78, 5) is 21.0. The lowest BCUT2D eigenvalue weighted by Gasteiger charge is -2.09. The van der Waals surface area contributed by atoms with Crippen molar-refractivity contribution in [3.63, 3.8) is 0 Å². The molecule has 8 nitrogen and oxygen atoms in total. The molecule has 0 radical (unpaired) electrons. The predicted molar refractivity (Wildman–Crippen MR) is 69.6 cm³/mol. The van der Waals surface area contributed by atoms with Gasteiger partial charge in [0.1, 0.15) is 6.61 Å². The Morgan fingerprint density at radius 2 is 2.14 bits per heavy atom. The highest BCUT2D eigenvalue weighted by molar-refractivity contribution is 5.86. The van der Waals surface area contributed by atoms with E-state index in [1.165, 1.54) is 37.6 Å². The first-order valence-electron chi connectivity index (χ1n) is 5.78. The smallest absolute Gasteiger partial charge is 0.372 e. The Hall–Kier alpha value is -3.03. The highest BCUT2D eigenvalue weighted by Gasteiger charge is 2.16. The zero-order valence-electron chi connectivity index (χ0n) is 10.9. The van der Waals surface area contributed by atoms with Crippen molar-refractivity contribution in [3.8, 4) is 11.5 Å². The number of nitrogens with zero attached hydrogens (tertiary/aromatic N) is 1. The molecule has 1 aromatic heterocycles. The van der Waals surface area contributed by atoms with Crippen LogP contribution in [0.25, 0.3) is 0 Å². The minimum atomic E-state index is -1.20. The summed E-state index contributed by atoms with van der Waals surface area (Å²) in [7, 11) is 1.35. The third-order valence-corrected chi connectivity index (χ3v) is 2.68. The number of aromatic carboxylic acids is 1. The van der Waals surface area contributed by atoms with Crippen molar-refractivity contribution in [2.75, 3.05) is 7.11 Å². The quantitative estimate of drug-likeness (QED) is 0.643. The number of furan rings is 1. The molecule has 0 bridgehead atoms. The average molecular weight is 293 g/mol. The number of rotatable bonds is 6. The molecule has 2 aromatic rings. The van der Waals surface area contributed by atoms with E-state index in [1.807, 2.05) is 0 Å². The van der Waals surface area contributed by atoms with Crippen molar-refractivity contribution in [1.82, 2.24) is 0 Å². The molecule has 0 aliphatic rings. The fourth-order valence-electron chi connectivity index (χ4n) is 1.68. The SMILES string of the molecule is COc1cc([N+](=O)[O-])ccc1OCc1ccoc1C(=O)O. The van der Waals surface area contributed by atoms with Gasteiger partial charge in [-0.25, -0.2) is 4.79 Å². The fraction of sp³-hybridized carbons (Fsp3) is 0.154. The van der Waals surface area contributed by atoms with E-state index in [-0.39, 0.29) is 29.6 Å². The largest absolute Gasteiger partial charge is 0.493 e. The number of ether oxygens (including phenoxy) is 2. The summed E-state index contributed by atoms with van der Waals surface area (Å²) in [5, 5.41) is 19.6. The summed E-state index contributed by atoms with van der Waals surface area (Å²) in [6.45, 7) is -0.0632. The second kappa shape index (κ2) is 5.95. The van der Waals surface area contributed by atoms with Crippen LogP contribution in [0, 0.1) is 10.1 Å². The number of carbonyl (C=O) groups is 1. The maximum Gasteiger partial charge on any atom is 0.372 e. The standard InChI is InChI=1S/C13H11NO7/c1-19-11-6-9(14(17)18)2-3-10(11)21-7-8-4-5-20-12(8)13(15)16/h2-6H,7H2,1H3,(H,15,16). The van der Waals surface area contributed by atoms with E-state index in [0.717, 1.165) is 0 Å². The third kappa shape index (κ3) is 3.11. The summed E-state index contributed by atoms with van der Waals surface area (Å²) < 4.78 is 15.3. The van der Waals surface area contributed by atoms with Gasteiger partial charge in [-0.3, -0.25) is 10.1 Å². The molecular formula is C13H11NO7. The molecule has 2 rings (SSSR count). The van der Waals surface area contributed by atoms with Crippen LogP contribution in [-0.2, 0) is 6.61 Å². The van der Waals surface area contributed by atoms with Gasteiger partial charge in [0.25, 0.3) is 5.69 Å². The molecular weight excluding hydrogens is 282 g/mol. The monoisotopic (exact) mass is 293 g/mol. The summed E-state index contributed by atoms with van der Waals surface area (Å²) in [5.74, 6) is -0.963. The molecule has 0 aliphatic carbocycles. The molecule has 0 amide bonds. The van der Waals surface area contributed by atoms with Crippen LogP contribution in [0.1, 0.15) is 16.1 Å². The Balaban J connectivity index is 2.18. The van der Waals surface area contributed by atoms with Crippen LogP contribution >= 0.6 is 0 Å². The number of nitro benzene ring substituents is 1. The lowest BCUT2D eigenvalue weighted by Crippen LogP contribution is -2.03. The van der Waals surface area contributed by atoms with Gasteiger partial charge < -0.3 is 19.0 Å². The van der Waals surface area contributed by atoms with Crippen LogP contribution in [0.5, 0.6) is 11.5 Å². The number of benzene rings is 1. The summed E-state index contributed by atoms with van der Waals surface area (Å²) >= 11 is 0. The summed E-state index contributed by atoms with van der Waals surface area (Å²) in [5.41, 5.74) is 0.219. The van der Waals surface area contributed by atoms with E-state index in [0.29, 0.717) is 5.56 Å². The van der Waals surface area contributed by atoms with Gasteiger partial charge in [0.15, 0.2) is 11.5 Å².